The van der Waals surface area contributed by atoms with Crippen LogP contribution in [-0.4, -0.2) is 14.2 Å². The monoisotopic (exact) mass is 610 g/mol. The van der Waals surface area contributed by atoms with Crippen molar-refractivity contribution in [2.45, 2.75) is 0 Å². The molecule has 0 fully saturated rings. The van der Waals surface area contributed by atoms with E-state index in [0.717, 1.165) is 33.4 Å². The van der Waals surface area contributed by atoms with Gasteiger partial charge in [-0.25, -0.2) is 0 Å². The smallest absolute Gasteiger partial charge is 0.268 e. The largest absolute Gasteiger partial charge is 0.511 e. The second-order valence-corrected chi connectivity index (χ2v) is 7.65. The normalized spacial score (nSPS) is 11.1. The van der Waals surface area contributed by atoms with Crippen molar-refractivity contribution >= 4 is 22.1 Å². The van der Waals surface area contributed by atoms with E-state index in [1.54, 1.807) is 6.07 Å². The van der Waals surface area contributed by atoms with E-state index in [9.17, 15) is 5.11 Å². The number of phenolic OH excluding ortho intramolecular Hbond substituents is 1. The van der Waals surface area contributed by atoms with Crippen LogP contribution in [0.25, 0.3) is 39.1 Å². The van der Waals surface area contributed by atoms with Crippen LogP contribution in [0.4, 0.5) is 0 Å². The first kappa shape index (κ1) is 21.2. The summed E-state index contributed by atoms with van der Waals surface area (Å²) < 4.78 is 7.85. The number of aromatic nitrogens is 4. The topological polar surface area (TPSA) is 37.8 Å². The van der Waals surface area contributed by atoms with Crippen molar-refractivity contribution in [3.05, 3.63) is 110 Å². The second-order valence-electron chi connectivity index (χ2n) is 7.65. The third kappa shape index (κ3) is 3.45. The molecule has 6 rings (SSSR count). The molecule has 164 valence electrons. The van der Waals surface area contributed by atoms with Crippen molar-refractivity contribution in [3.63, 3.8) is 0 Å². The molecule has 6 heteroatoms. The maximum Gasteiger partial charge on any atom is 0.268 e. The van der Waals surface area contributed by atoms with Gasteiger partial charge in [0.05, 0.1) is 29.1 Å². The molecular weight excluding hydrogens is 591 g/mol. The Morgan fingerprint density at radius 3 is 1.97 bits per heavy atom. The van der Waals surface area contributed by atoms with Crippen molar-refractivity contribution in [2.75, 3.05) is 0 Å². The van der Waals surface area contributed by atoms with Crippen LogP contribution in [0.5, 0.6) is 5.75 Å². The average molecular weight is 611 g/mol. The third-order valence-electron chi connectivity index (χ3n) is 5.67. The van der Waals surface area contributed by atoms with Gasteiger partial charge in [-0.2, -0.15) is 24.3 Å². The molecule has 0 aliphatic rings. The van der Waals surface area contributed by atoms with Gasteiger partial charge in [-0.05, 0) is 12.1 Å². The van der Waals surface area contributed by atoms with Gasteiger partial charge in [0.15, 0.2) is 0 Å². The molecule has 0 radical (unpaired) electrons. The molecule has 4 aromatic carbocycles. The number of aromatic hydroxyl groups is 1. The van der Waals surface area contributed by atoms with Crippen LogP contribution in [0.3, 0.4) is 0 Å². The molecule has 0 unspecified atom stereocenters. The van der Waals surface area contributed by atoms with Gasteiger partial charge in [0, 0.05) is 21.1 Å². The molecule has 0 saturated carbocycles. The number of para-hydroxylation sites is 6. The zero-order chi connectivity index (χ0) is 21.7. The fourth-order valence-electron chi connectivity index (χ4n) is 4.15. The van der Waals surface area contributed by atoms with Crippen LogP contribution in [0.1, 0.15) is 0 Å². The molecule has 0 atom stereocenters. The zero-order valence-electron chi connectivity index (χ0n) is 17.7. The maximum atomic E-state index is 10.4. The summed E-state index contributed by atoms with van der Waals surface area (Å²) in [7, 11) is 1.99. The van der Waals surface area contributed by atoms with E-state index in [4.69, 9.17) is 0 Å². The number of aryl methyl sites for hydroxylation is 1. The first-order chi connectivity index (χ1) is 15.7. The van der Waals surface area contributed by atoms with Crippen LogP contribution < -0.4 is 9.13 Å². The molecule has 0 saturated heterocycles. The van der Waals surface area contributed by atoms with Crippen LogP contribution in [0, 0.1) is 18.7 Å². The fraction of sp³-hybridized carbons (Fsp3) is 0.0370. The Labute approximate surface area is 205 Å². The fourth-order valence-corrected chi connectivity index (χ4v) is 4.15. The summed E-state index contributed by atoms with van der Waals surface area (Å²) in [6.07, 6.45) is 6.77. The van der Waals surface area contributed by atoms with Gasteiger partial charge in [0.2, 0.25) is 6.33 Å². The van der Waals surface area contributed by atoms with E-state index in [1.165, 1.54) is 0 Å². The number of rotatable bonds is 3. The zero-order valence-corrected chi connectivity index (χ0v) is 20.0. The third-order valence-corrected chi connectivity index (χ3v) is 5.67. The predicted molar refractivity (Wildman–Crippen MR) is 121 cm³/mol. The number of hydrogen-bond acceptors (Lipinski definition) is 1. The maximum absolute atomic E-state index is 10.4. The van der Waals surface area contributed by atoms with Gasteiger partial charge in [0.25, 0.3) is 6.33 Å². The summed E-state index contributed by atoms with van der Waals surface area (Å²) in [6, 6.07) is 33.1. The number of imidazole rings is 2. The van der Waals surface area contributed by atoms with Crippen LogP contribution >= 0.6 is 0 Å². The van der Waals surface area contributed by atoms with Crippen molar-refractivity contribution in [3.8, 4) is 22.8 Å². The molecule has 0 amide bonds. The van der Waals surface area contributed by atoms with Gasteiger partial charge in [0.1, 0.15) is 11.4 Å². The summed E-state index contributed by atoms with van der Waals surface area (Å²) in [5.74, 6) is 0.204. The number of benzene rings is 4. The average Bonchev–Trinajstić information content (AvgIpc) is 3.38. The van der Waals surface area contributed by atoms with E-state index >= 15 is 0 Å². The minimum absolute atomic E-state index is 0. The number of hydrogen-bond donors (Lipinski definition) is 1. The van der Waals surface area contributed by atoms with Crippen LogP contribution in [0.2, 0.25) is 0 Å². The van der Waals surface area contributed by atoms with Crippen LogP contribution in [-0.2, 0) is 28.1 Å². The second kappa shape index (κ2) is 8.34. The van der Waals surface area contributed by atoms with E-state index in [0.29, 0.717) is 5.69 Å². The number of nitrogens with zero attached hydrogens (tertiary/aromatic N) is 4. The van der Waals surface area contributed by atoms with E-state index in [2.05, 4.69) is 30.9 Å². The molecule has 1 N–H and O–H groups in total. The molecule has 2 heterocycles. The summed E-state index contributed by atoms with van der Waals surface area (Å²) in [5, 5.41) is 10.4. The molecule has 2 aromatic heterocycles. The summed E-state index contributed by atoms with van der Waals surface area (Å²) in [5.41, 5.74) is 6.49. The SMILES string of the molecule is C[n+]1[c-]n(-c2[c-]c(-n3[c-][n+](-c4ccccc4O)c4ccccc43)ccc2)c2ccccc21.[Pt]. The molecular formula is C27H19N4OPt-. The van der Waals surface area contributed by atoms with Gasteiger partial charge in [-0.15, -0.1) is 0 Å². The summed E-state index contributed by atoms with van der Waals surface area (Å²) in [6.45, 7) is 0. The Balaban J connectivity index is 0.00000228. The van der Waals surface area contributed by atoms with Crippen LogP contribution in [0.15, 0.2) is 91.0 Å². The molecule has 6 aromatic rings. The van der Waals surface area contributed by atoms with Gasteiger partial charge in [-0.1, -0.05) is 72.0 Å². The van der Waals surface area contributed by atoms with Crippen molar-refractivity contribution in [2.24, 2.45) is 7.05 Å². The van der Waals surface area contributed by atoms with Gasteiger partial charge >= 0.3 is 0 Å². The van der Waals surface area contributed by atoms with E-state index < -0.39 is 0 Å². The molecule has 5 nitrogen and oxygen atoms in total. The van der Waals surface area contributed by atoms with Crippen molar-refractivity contribution in [1.29, 1.82) is 0 Å². The van der Waals surface area contributed by atoms with Gasteiger partial charge in [-0.3, -0.25) is 4.57 Å². The Bertz CT molecular complexity index is 1620. The Morgan fingerprint density at radius 2 is 1.24 bits per heavy atom. The van der Waals surface area contributed by atoms with E-state index in [-0.39, 0.29) is 26.8 Å². The predicted octanol–water partition coefficient (Wildman–Crippen LogP) is 3.78. The Hall–Kier alpha value is -3.69. The number of phenols is 1. The van der Waals surface area contributed by atoms with Gasteiger partial charge < -0.3 is 18.8 Å². The van der Waals surface area contributed by atoms with E-state index in [1.807, 2.05) is 98.1 Å². The first-order valence-electron chi connectivity index (χ1n) is 10.4. The standard InChI is InChI=1S/C27H19N4O.Pt/c1-28-18-29(23-12-3-2-11-22(23)28)20-9-8-10-21(17-20)30-19-31(25-14-5-4-13-24(25)30)26-15-6-7-16-27(26)32;/h2-16,32H,1H3;/q-1;. The molecule has 0 aliphatic heterocycles. The minimum atomic E-state index is 0. The minimum Gasteiger partial charge on any atom is -0.511 e. The molecule has 0 aliphatic carbocycles. The molecule has 33 heavy (non-hydrogen) atoms. The molecule has 0 bridgehead atoms. The summed E-state index contributed by atoms with van der Waals surface area (Å²) >= 11 is 0. The van der Waals surface area contributed by atoms with Crippen molar-refractivity contribution in [1.82, 2.24) is 9.13 Å². The Morgan fingerprint density at radius 1 is 0.667 bits per heavy atom. The quantitative estimate of drug-likeness (QED) is 0.241. The number of fused-ring (bicyclic) bond motifs is 2. The first-order valence-corrected chi connectivity index (χ1v) is 10.4. The Kier molecular flexibility index (Phi) is 5.35. The van der Waals surface area contributed by atoms with Crippen molar-refractivity contribution < 1.29 is 35.3 Å². The molecule has 0 spiro atoms. The summed E-state index contributed by atoms with van der Waals surface area (Å²) in [4.78, 5) is 0.